The highest BCUT2D eigenvalue weighted by atomic mass is 16.5. The number of benzene rings is 1. The number of ether oxygens (including phenoxy) is 2. The Balaban J connectivity index is 1.62. The zero-order valence-corrected chi connectivity index (χ0v) is 13.8. The van der Waals surface area contributed by atoms with Crippen molar-refractivity contribution in [3.8, 4) is 16.9 Å². The van der Waals surface area contributed by atoms with Gasteiger partial charge in [-0.2, -0.15) is 0 Å². The van der Waals surface area contributed by atoms with E-state index in [2.05, 4.69) is 28.5 Å². The molecule has 0 saturated carbocycles. The molecule has 1 aromatic carbocycles. The van der Waals surface area contributed by atoms with Crippen LogP contribution in [0.4, 0.5) is 0 Å². The van der Waals surface area contributed by atoms with E-state index in [4.69, 9.17) is 14.6 Å². The third kappa shape index (κ3) is 4.77. The molecule has 24 heavy (non-hydrogen) atoms. The van der Waals surface area contributed by atoms with Crippen molar-refractivity contribution >= 4 is 0 Å². The van der Waals surface area contributed by atoms with Crippen LogP contribution in [0.15, 0.2) is 42.7 Å². The average Bonchev–Trinajstić information content (AvgIpc) is 2.58. The predicted octanol–water partition coefficient (Wildman–Crippen LogP) is 2.04. The lowest BCUT2D eigenvalue weighted by molar-refractivity contribution is 0.0944. The molecular formula is C19H24N2O3. The van der Waals surface area contributed by atoms with Crippen molar-refractivity contribution in [2.45, 2.75) is 18.9 Å². The van der Waals surface area contributed by atoms with E-state index in [0.29, 0.717) is 25.9 Å². The van der Waals surface area contributed by atoms with E-state index in [1.807, 2.05) is 18.3 Å². The first kappa shape index (κ1) is 16.9. The molecule has 0 bridgehead atoms. The molecule has 1 fully saturated rings. The summed E-state index contributed by atoms with van der Waals surface area (Å²) in [6.07, 6.45) is 5.61. The average molecular weight is 328 g/mol. The third-order valence-corrected chi connectivity index (χ3v) is 4.12. The van der Waals surface area contributed by atoms with Crippen LogP contribution in [-0.2, 0) is 11.2 Å². The van der Waals surface area contributed by atoms with Crippen LogP contribution in [0.5, 0.6) is 5.75 Å². The molecule has 1 aliphatic heterocycles. The van der Waals surface area contributed by atoms with E-state index in [1.165, 1.54) is 12.0 Å². The minimum Gasteiger partial charge on any atom is -0.490 e. The molecule has 2 aromatic rings. The van der Waals surface area contributed by atoms with E-state index in [1.54, 1.807) is 6.20 Å². The zero-order valence-electron chi connectivity index (χ0n) is 13.8. The summed E-state index contributed by atoms with van der Waals surface area (Å²) in [4.78, 5) is 4.30. The maximum atomic E-state index is 8.73. The molecule has 1 atom stereocenters. The standard InChI is InChI=1S/C19H24N2O3/c22-7-9-23-8-5-15-2-1-3-16(10-15)17-11-19(13-20-12-17)24-14-18-4-6-21-18/h1-3,10-13,18,21-22H,4-9,14H2. The van der Waals surface area contributed by atoms with Crippen molar-refractivity contribution in [3.63, 3.8) is 0 Å². The molecule has 2 N–H and O–H groups in total. The van der Waals surface area contributed by atoms with E-state index in [0.717, 1.165) is 29.8 Å². The van der Waals surface area contributed by atoms with Gasteiger partial charge in [-0.3, -0.25) is 4.98 Å². The fourth-order valence-electron chi connectivity index (χ4n) is 2.61. The smallest absolute Gasteiger partial charge is 0.138 e. The lowest BCUT2D eigenvalue weighted by atomic mass is 10.0. The lowest BCUT2D eigenvalue weighted by Crippen LogP contribution is -2.46. The van der Waals surface area contributed by atoms with Gasteiger partial charge in [-0.1, -0.05) is 24.3 Å². The summed E-state index contributed by atoms with van der Waals surface area (Å²) in [5.41, 5.74) is 3.37. The number of aliphatic hydroxyl groups is 1. The van der Waals surface area contributed by atoms with Gasteiger partial charge < -0.3 is 19.9 Å². The number of nitrogens with zero attached hydrogens (tertiary/aromatic N) is 1. The number of rotatable bonds is 9. The second-order valence-corrected chi connectivity index (χ2v) is 5.95. The molecule has 1 unspecified atom stereocenters. The molecule has 3 rings (SSSR count). The Morgan fingerprint density at radius 2 is 2.08 bits per heavy atom. The molecule has 0 aliphatic carbocycles. The topological polar surface area (TPSA) is 63.6 Å². The summed E-state index contributed by atoms with van der Waals surface area (Å²) in [6.45, 7) is 2.84. The van der Waals surface area contributed by atoms with Gasteiger partial charge in [-0.15, -0.1) is 0 Å². The molecular weight excluding hydrogens is 304 g/mol. The molecule has 0 radical (unpaired) electrons. The maximum Gasteiger partial charge on any atom is 0.138 e. The van der Waals surface area contributed by atoms with E-state index >= 15 is 0 Å². The summed E-state index contributed by atoms with van der Waals surface area (Å²) in [6, 6.07) is 10.9. The Labute approximate surface area is 142 Å². The van der Waals surface area contributed by atoms with E-state index < -0.39 is 0 Å². The minimum absolute atomic E-state index is 0.0644. The molecule has 5 heteroatoms. The molecule has 1 aliphatic rings. The second kappa shape index (κ2) is 8.78. The summed E-state index contributed by atoms with van der Waals surface area (Å²) in [5, 5.41) is 12.1. The fraction of sp³-hybridized carbons (Fsp3) is 0.421. The quantitative estimate of drug-likeness (QED) is 0.690. The molecule has 5 nitrogen and oxygen atoms in total. The van der Waals surface area contributed by atoms with Crippen LogP contribution in [0.3, 0.4) is 0 Å². The van der Waals surface area contributed by atoms with Gasteiger partial charge in [0.05, 0.1) is 26.0 Å². The van der Waals surface area contributed by atoms with Gasteiger partial charge in [0, 0.05) is 17.8 Å². The monoisotopic (exact) mass is 328 g/mol. The maximum absolute atomic E-state index is 8.73. The largest absolute Gasteiger partial charge is 0.490 e. The molecule has 0 spiro atoms. The molecule has 1 aromatic heterocycles. The first-order valence-corrected chi connectivity index (χ1v) is 8.44. The Morgan fingerprint density at radius 3 is 2.88 bits per heavy atom. The van der Waals surface area contributed by atoms with Crippen LogP contribution in [0.2, 0.25) is 0 Å². The highest BCUT2D eigenvalue weighted by Gasteiger charge is 2.16. The Bertz CT molecular complexity index is 644. The van der Waals surface area contributed by atoms with Gasteiger partial charge in [0.2, 0.25) is 0 Å². The van der Waals surface area contributed by atoms with E-state index in [-0.39, 0.29) is 6.61 Å². The van der Waals surface area contributed by atoms with Crippen LogP contribution in [-0.4, -0.2) is 49.1 Å². The number of aromatic nitrogens is 1. The number of hydrogen-bond acceptors (Lipinski definition) is 5. The first-order chi connectivity index (χ1) is 11.8. The molecule has 128 valence electrons. The first-order valence-electron chi connectivity index (χ1n) is 8.44. The minimum atomic E-state index is 0.0644. The summed E-state index contributed by atoms with van der Waals surface area (Å²) >= 11 is 0. The molecule has 1 saturated heterocycles. The van der Waals surface area contributed by atoms with Crippen molar-refractivity contribution in [2.75, 3.05) is 33.0 Å². The van der Waals surface area contributed by atoms with Crippen molar-refractivity contribution in [1.82, 2.24) is 10.3 Å². The summed E-state index contributed by atoms with van der Waals surface area (Å²) in [5.74, 6) is 0.804. The number of aliphatic hydroxyl groups excluding tert-OH is 1. The summed E-state index contributed by atoms with van der Waals surface area (Å²) < 4.78 is 11.2. The predicted molar refractivity (Wildman–Crippen MR) is 93.2 cm³/mol. The number of pyridine rings is 1. The van der Waals surface area contributed by atoms with Crippen LogP contribution in [0.25, 0.3) is 11.1 Å². The highest BCUT2D eigenvalue weighted by molar-refractivity contribution is 5.64. The molecule has 0 amide bonds. The van der Waals surface area contributed by atoms with Gasteiger partial charge in [0.25, 0.3) is 0 Å². The Kier molecular flexibility index (Phi) is 6.18. The van der Waals surface area contributed by atoms with Crippen molar-refractivity contribution in [1.29, 1.82) is 0 Å². The van der Waals surface area contributed by atoms with Crippen molar-refractivity contribution in [3.05, 3.63) is 48.3 Å². The van der Waals surface area contributed by atoms with Gasteiger partial charge in [-0.25, -0.2) is 0 Å². The Morgan fingerprint density at radius 1 is 1.17 bits per heavy atom. The van der Waals surface area contributed by atoms with Gasteiger partial charge in [0.1, 0.15) is 12.4 Å². The number of nitrogens with one attached hydrogen (secondary N) is 1. The van der Waals surface area contributed by atoms with E-state index in [9.17, 15) is 0 Å². The third-order valence-electron chi connectivity index (χ3n) is 4.12. The van der Waals surface area contributed by atoms with Gasteiger partial charge >= 0.3 is 0 Å². The van der Waals surface area contributed by atoms with Crippen LogP contribution in [0, 0.1) is 0 Å². The van der Waals surface area contributed by atoms with Crippen LogP contribution in [0.1, 0.15) is 12.0 Å². The SMILES string of the molecule is OCCOCCc1cccc(-c2cncc(OCC3CCN3)c2)c1. The molecule has 2 heterocycles. The van der Waals surface area contributed by atoms with Crippen molar-refractivity contribution in [2.24, 2.45) is 0 Å². The van der Waals surface area contributed by atoms with Gasteiger partial charge in [0.15, 0.2) is 0 Å². The lowest BCUT2D eigenvalue weighted by Gasteiger charge is -2.27. The van der Waals surface area contributed by atoms with Gasteiger partial charge in [-0.05, 0) is 36.6 Å². The summed E-state index contributed by atoms with van der Waals surface area (Å²) in [7, 11) is 0. The van der Waals surface area contributed by atoms with Crippen molar-refractivity contribution < 1.29 is 14.6 Å². The Hall–Kier alpha value is -1.95. The zero-order chi connectivity index (χ0) is 16.6. The van der Waals surface area contributed by atoms with Crippen LogP contribution >= 0.6 is 0 Å². The normalized spacial score (nSPS) is 16.6. The van der Waals surface area contributed by atoms with Crippen LogP contribution < -0.4 is 10.1 Å². The number of hydrogen-bond donors (Lipinski definition) is 2. The second-order valence-electron chi connectivity index (χ2n) is 5.95. The fourth-order valence-corrected chi connectivity index (χ4v) is 2.61. The highest BCUT2D eigenvalue weighted by Crippen LogP contribution is 2.24.